The number of nitrogens with one attached hydrogen (secondary N) is 2. The summed E-state index contributed by atoms with van der Waals surface area (Å²) in [7, 11) is 0. The third kappa shape index (κ3) is 5.17. The van der Waals surface area contributed by atoms with E-state index < -0.39 is 0 Å². The van der Waals surface area contributed by atoms with Crippen LogP contribution in [0.25, 0.3) is 0 Å². The number of aryl methyl sites for hydroxylation is 2. The van der Waals surface area contributed by atoms with Gasteiger partial charge in [-0.3, -0.25) is 9.59 Å². The van der Waals surface area contributed by atoms with E-state index >= 15 is 0 Å². The van der Waals surface area contributed by atoms with Crippen LogP contribution in [0.2, 0.25) is 0 Å². The minimum absolute atomic E-state index is 0.0612. The molecule has 2 aromatic rings. The number of ether oxygens (including phenoxy) is 2. The SMILES string of the molecule is Cc1cccc(C)c1NC(=O)CNC(=O)CSc1ccc2c(c1)OCCO2. The molecule has 3 rings (SSSR count). The van der Waals surface area contributed by atoms with Crippen LogP contribution in [0, 0.1) is 13.8 Å². The number of benzene rings is 2. The van der Waals surface area contributed by atoms with Gasteiger partial charge in [-0.1, -0.05) is 18.2 Å². The maximum atomic E-state index is 12.1. The summed E-state index contributed by atoms with van der Waals surface area (Å²) in [6, 6.07) is 11.4. The molecule has 2 aromatic carbocycles. The second-order valence-electron chi connectivity index (χ2n) is 6.19. The Labute approximate surface area is 162 Å². The Bertz CT molecular complexity index is 834. The lowest BCUT2D eigenvalue weighted by Gasteiger charge is -2.18. The number of fused-ring (bicyclic) bond motifs is 1. The number of carbonyl (C=O) groups is 2. The first-order valence-corrected chi connectivity index (χ1v) is 9.66. The zero-order chi connectivity index (χ0) is 19.2. The Balaban J connectivity index is 1.45. The van der Waals surface area contributed by atoms with Crippen LogP contribution in [0.15, 0.2) is 41.3 Å². The summed E-state index contributed by atoms with van der Waals surface area (Å²) in [5, 5.41) is 5.50. The van der Waals surface area contributed by atoms with Gasteiger partial charge in [0.25, 0.3) is 0 Å². The van der Waals surface area contributed by atoms with Crippen LogP contribution in [-0.4, -0.2) is 37.3 Å². The molecule has 0 spiro atoms. The third-order valence-corrected chi connectivity index (χ3v) is 5.07. The molecule has 0 saturated carbocycles. The van der Waals surface area contributed by atoms with Gasteiger partial charge in [0.1, 0.15) is 13.2 Å². The van der Waals surface area contributed by atoms with Crippen molar-refractivity contribution in [2.45, 2.75) is 18.7 Å². The molecule has 2 N–H and O–H groups in total. The molecular formula is C20H22N2O4S. The van der Waals surface area contributed by atoms with E-state index in [0.717, 1.165) is 27.5 Å². The van der Waals surface area contributed by atoms with Crippen molar-refractivity contribution in [2.24, 2.45) is 0 Å². The fraction of sp³-hybridized carbons (Fsp3) is 0.300. The van der Waals surface area contributed by atoms with Crippen molar-refractivity contribution < 1.29 is 19.1 Å². The van der Waals surface area contributed by atoms with E-state index in [9.17, 15) is 9.59 Å². The highest BCUT2D eigenvalue weighted by molar-refractivity contribution is 8.00. The first kappa shape index (κ1) is 19.1. The van der Waals surface area contributed by atoms with Crippen LogP contribution in [0.1, 0.15) is 11.1 Å². The molecular weight excluding hydrogens is 364 g/mol. The molecule has 6 nitrogen and oxygen atoms in total. The predicted octanol–water partition coefficient (Wildman–Crippen LogP) is 2.92. The van der Waals surface area contributed by atoms with Gasteiger partial charge in [0.05, 0.1) is 12.3 Å². The highest BCUT2D eigenvalue weighted by Crippen LogP contribution is 2.34. The second kappa shape index (κ2) is 8.81. The van der Waals surface area contributed by atoms with E-state index in [2.05, 4.69) is 10.6 Å². The number of para-hydroxylation sites is 1. The van der Waals surface area contributed by atoms with Crippen LogP contribution in [0.3, 0.4) is 0 Å². The van der Waals surface area contributed by atoms with E-state index in [1.807, 2.05) is 50.2 Å². The first-order valence-electron chi connectivity index (χ1n) is 8.68. The van der Waals surface area contributed by atoms with Gasteiger partial charge in [0.15, 0.2) is 11.5 Å². The van der Waals surface area contributed by atoms with E-state index in [1.165, 1.54) is 11.8 Å². The Morgan fingerprint density at radius 1 is 1.00 bits per heavy atom. The van der Waals surface area contributed by atoms with Gasteiger partial charge in [-0.25, -0.2) is 0 Å². The number of hydrogen-bond acceptors (Lipinski definition) is 5. The Morgan fingerprint density at radius 3 is 2.44 bits per heavy atom. The minimum atomic E-state index is -0.245. The molecule has 0 unspecified atom stereocenters. The van der Waals surface area contributed by atoms with E-state index in [4.69, 9.17) is 9.47 Å². The molecule has 0 radical (unpaired) electrons. The van der Waals surface area contributed by atoms with Crippen molar-refractivity contribution >= 4 is 29.3 Å². The van der Waals surface area contributed by atoms with Gasteiger partial charge in [-0.05, 0) is 43.2 Å². The molecule has 0 fully saturated rings. The molecule has 0 aromatic heterocycles. The lowest BCUT2D eigenvalue weighted by molar-refractivity contribution is -0.122. The molecule has 1 aliphatic rings. The molecule has 142 valence electrons. The Kier molecular flexibility index (Phi) is 6.24. The van der Waals surface area contributed by atoms with Gasteiger partial charge in [0.2, 0.25) is 11.8 Å². The summed E-state index contributed by atoms with van der Waals surface area (Å²) in [5.74, 6) is 1.19. The summed E-state index contributed by atoms with van der Waals surface area (Å²) in [6.45, 7) is 4.88. The molecule has 1 heterocycles. The monoisotopic (exact) mass is 386 g/mol. The molecule has 0 saturated heterocycles. The zero-order valence-corrected chi connectivity index (χ0v) is 16.2. The third-order valence-electron chi connectivity index (χ3n) is 4.08. The first-order chi connectivity index (χ1) is 13.0. The average Bonchev–Trinajstić information content (AvgIpc) is 2.67. The fourth-order valence-electron chi connectivity index (χ4n) is 2.69. The number of rotatable bonds is 6. The number of hydrogen-bond donors (Lipinski definition) is 2. The average molecular weight is 386 g/mol. The molecule has 7 heteroatoms. The van der Waals surface area contributed by atoms with Gasteiger partial charge < -0.3 is 20.1 Å². The molecule has 1 aliphatic heterocycles. The number of carbonyl (C=O) groups excluding carboxylic acids is 2. The van der Waals surface area contributed by atoms with Gasteiger partial charge in [0, 0.05) is 10.6 Å². The van der Waals surface area contributed by atoms with Crippen LogP contribution in [-0.2, 0) is 9.59 Å². The van der Waals surface area contributed by atoms with E-state index in [0.29, 0.717) is 19.0 Å². The number of anilines is 1. The maximum Gasteiger partial charge on any atom is 0.243 e. The van der Waals surface area contributed by atoms with Crippen molar-refractivity contribution in [3.63, 3.8) is 0 Å². The van der Waals surface area contributed by atoms with Gasteiger partial charge in [-0.2, -0.15) is 0 Å². The summed E-state index contributed by atoms with van der Waals surface area (Å²) in [4.78, 5) is 25.0. The highest BCUT2D eigenvalue weighted by atomic mass is 32.2. The van der Waals surface area contributed by atoms with Crippen molar-refractivity contribution in [1.29, 1.82) is 0 Å². The Morgan fingerprint density at radius 2 is 1.70 bits per heavy atom. The lowest BCUT2D eigenvalue weighted by Crippen LogP contribution is -2.34. The van der Waals surface area contributed by atoms with Crippen LogP contribution in [0.4, 0.5) is 5.69 Å². The van der Waals surface area contributed by atoms with Crippen molar-refractivity contribution in [3.8, 4) is 11.5 Å². The van der Waals surface area contributed by atoms with Crippen LogP contribution >= 0.6 is 11.8 Å². The summed E-state index contributed by atoms with van der Waals surface area (Å²) >= 11 is 1.38. The predicted molar refractivity (Wildman–Crippen MR) is 106 cm³/mol. The van der Waals surface area contributed by atoms with Gasteiger partial charge >= 0.3 is 0 Å². The zero-order valence-electron chi connectivity index (χ0n) is 15.3. The summed E-state index contributed by atoms with van der Waals surface area (Å²) in [6.07, 6.45) is 0. The maximum absolute atomic E-state index is 12.1. The Hall–Kier alpha value is -2.67. The fourth-order valence-corrected chi connectivity index (χ4v) is 3.44. The van der Waals surface area contributed by atoms with Gasteiger partial charge in [-0.15, -0.1) is 11.8 Å². The van der Waals surface area contributed by atoms with Crippen molar-refractivity contribution in [3.05, 3.63) is 47.5 Å². The smallest absolute Gasteiger partial charge is 0.243 e. The minimum Gasteiger partial charge on any atom is -0.486 e. The molecule has 27 heavy (non-hydrogen) atoms. The normalized spacial score (nSPS) is 12.4. The molecule has 2 amide bonds. The molecule has 0 atom stereocenters. The highest BCUT2D eigenvalue weighted by Gasteiger charge is 2.13. The standard InChI is InChI=1S/C20H22N2O4S/c1-13-4-3-5-14(2)20(13)22-18(23)11-21-19(24)12-27-15-6-7-16-17(10-15)26-9-8-25-16/h3-7,10H,8-9,11-12H2,1-2H3,(H,21,24)(H,22,23). The largest absolute Gasteiger partial charge is 0.486 e. The molecule has 0 bridgehead atoms. The van der Waals surface area contributed by atoms with Crippen molar-refractivity contribution in [2.75, 3.05) is 30.8 Å². The number of amides is 2. The topological polar surface area (TPSA) is 76.7 Å². The quantitative estimate of drug-likeness (QED) is 0.747. The summed E-state index contributed by atoms with van der Waals surface area (Å²) in [5.41, 5.74) is 2.77. The van der Waals surface area contributed by atoms with E-state index in [-0.39, 0.29) is 24.1 Å². The van der Waals surface area contributed by atoms with E-state index in [1.54, 1.807) is 0 Å². The lowest BCUT2D eigenvalue weighted by atomic mass is 10.1. The summed E-state index contributed by atoms with van der Waals surface area (Å²) < 4.78 is 11.0. The molecule has 0 aliphatic carbocycles. The van der Waals surface area contributed by atoms with Crippen molar-refractivity contribution in [1.82, 2.24) is 5.32 Å². The van der Waals surface area contributed by atoms with Crippen LogP contribution in [0.5, 0.6) is 11.5 Å². The van der Waals surface area contributed by atoms with Crippen LogP contribution < -0.4 is 20.1 Å². The number of thioether (sulfide) groups is 1. The second-order valence-corrected chi connectivity index (χ2v) is 7.23.